The van der Waals surface area contributed by atoms with Crippen molar-refractivity contribution in [1.29, 1.82) is 0 Å². The summed E-state index contributed by atoms with van der Waals surface area (Å²) < 4.78 is 2.29. The van der Waals surface area contributed by atoms with Gasteiger partial charge in [0.25, 0.3) is 0 Å². The van der Waals surface area contributed by atoms with Crippen molar-refractivity contribution in [2.24, 2.45) is 5.73 Å². The number of hydrogen-bond donors (Lipinski definition) is 1. The molecule has 21 heavy (non-hydrogen) atoms. The molecule has 3 heteroatoms. The molecule has 0 amide bonds. The number of nitrogens with two attached hydrogens (primary N) is 1. The van der Waals surface area contributed by atoms with Crippen LogP contribution < -0.4 is 5.73 Å². The van der Waals surface area contributed by atoms with Gasteiger partial charge in [0.15, 0.2) is 0 Å². The smallest absolute Gasteiger partial charge is 0.0525 e. The molecule has 2 nitrogen and oxygen atoms in total. The van der Waals surface area contributed by atoms with Crippen LogP contribution in [0.2, 0.25) is 5.02 Å². The number of hydrogen-bond acceptors (Lipinski definition) is 1. The molecule has 1 heterocycles. The van der Waals surface area contributed by atoms with Crippen LogP contribution in [-0.2, 0) is 6.42 Å². The van der Waals surface area contributed by atoms with E-state index in [4.69, 9.17) is 17.3 Å². The van der Waals surface area contributed by atoms with Gasteiger partial charge in [-0.25, -0.2) is 0 Å². The molecule has 108 valence electrons. The molecule has 2 N–H and O–H groups in total. The first-order valence-corrected chi connectivity index (χ1v) is 7.58. The Morgan fingerprint density at radius 3 is 2.48 bits per heavy atom. The largest absolute Gasteiger partial charge is 0.343 e. The van der Waals surface area contributed by atoms with Crippen molar-refractivity contribution in [3.8, 4) is 0 Å². The minimum Gasteiger partial charge on any atom is -0.343 e. The molecule has 0 fully saturated rings. The standard InChI is InChI=1S/C18H19ClN2/c1-13(20)18(12-14-6-8-16(19)9-7-14)21-11-10-15-4-2-3-5-17(15)21/h2-11,13,18H,12,20H2,1H3/t13-,18+/m0/s1. The quantitative estimate of drug-likeness (QED) is 0.759. The van der Waals surface area contributed by atoms with Gasteiger partial charge in [-0.1, -0.05) is 41.9 Å². The van der Waals surface area contributed by atoms with Gasteiger partial charge in [0.05, 0.1) is 6.04 Å². The second kappa shape index (κ2) is 5.92. The molecule has 0 aliphatic heterocycles. The van der Waals surface area contributed by atoms with Gasteiger partial charge in [-0.3, -0.25) is 0 Å². The Hall–Kier alpha value is -1.77. The van der Waals surface area contributed by atoms with Crippen LogP contribution in [0.15, 0.2) is 60.8 Å². The number of rotatable bonds is 4. The molecule has 0 spiro atoms. The number of nitrogens with zero attached hydrogens (tertiary/aromatic N) is 1. The molecule has 0 aliphatic rings. The van der Waals surface area contributed by atoms with E-state index in [2.05, 4.69) is 60.2 Å². The van der Waals surface area contributed by atoms with E-state index in [1.807, 2.05) is 12.1 Å². The number of para-hydroxylation sites is 1. The summed E-state index contributed by atoms with van der Waals surface area (Å²) in [6.45, 7) is 2.06. The third-order valence-corrected chi connectivity index (χ3v) is 4.20. The summed E-state index contributed by atoms with van der Waals surface area (Å²) in [4.78, 5) is 0. The molecule has 1 aromatic heterocycles. The first-order valence-electron chi connectivity index (χ1n) is 7.21. The van der Waals surface area contributed by atoms with Crippen molar-refractivity contribution in [2.45, 2.75) is 25.4 Å². The first-order chi connectivity index (χ1) is 10.1. The molecule has 3 aromatic rings. The predicted octanol–water partition coefficient (Wildman–Crippen LogP) is 4.43. The van der Waals surface area contributed by atoms with Gasteiger partial charge >= 0.3 is 0 Å². The SMILES string of the molecule is C[C@H](N)[C@@H](Cc1ccc(Cl)cc1)n1ccc2ccccc21. The number of aromatic nitrogens is 1. The fourth-order valence-corrected chi connectivity index (χ4v) is 2.92. The van der Waals surface area contributed by atoms with Crippen LogP contribution in [0, 0.1) is 0 Å². The fraction of sp³-hybridized carbons (Fsp3) is 0.222. The van der Waals surface area contributed by atoms with E-state index in [0.717, 1.165) is 11.4 Å². The van der Waals surface area contributed by atoms with Crippen LogP contribution in [0.3, 0.4) is 0 Å². The van der Waals surface area contributed by atoms with E-state index in [9.17, 15) is 0 Å². The van der Waals surface area contributed by atoms with Gasteiger partial charge < -0.3 is 10.3 Å². The summed E-state index contributed by atoms with van der Waals surface area (Å²) in [5.74, 6) is 0. The average Bonchev–Trinajstić information content (AvgIpc) is 2.90. The molecule has 0 saturated heterocycles. The average molecular weight is 299 g/mol. The molecule has 0 radical (unpaired) electrons. The lowest BCUT2D eigenvalue weighted by molar-refractivity contribution is 0.438. The Labute approximate surface area is 130 Å². The van der Waals surface area contributed by atoms with Gasteiger partial charge in [0.1, 0.15) is 0 Å². The summed E-state index contributed by atoms with van der Waals surface area (Å²) >= 11 is 5.96. The number of benzene rings is 2. The van der Waals surface area contributed by atoms with Crippen molar-refractivity contribution in [1.82, 2.24) is 4.57 Å². The van der Waals surface area contributed by atoms with Crippen molar-refractivity contribution < 1.29 is 0 Å². The Kier molecular flexibility index (Phi) is 4.00. The molecule has 2 atom stereocenters. The first kappa shape index (κ1) is 14.2. The van der Waals surface area contributed by atoms with Crippen molar-refractivity contribution in [3.63, 3.8) is 0 Å². The highest BCUT2D eigenvalue weighted by molar-refractivity contribution is 6.30. The Morgan fingerprint density at radius 2 is 1.76 bits per heavy atom. The fourth-order valence-electron chi connectivity index (χ4n) is 2.79. The van der Waals surface area contributed by atoms with Crippen LogP contribution in [0.25, 0.3) is 10.9 Å². The van der Waals surface area contributed by atoms with Gasteiger partial charge in [0.2, 0.25) is 0 Å². The van der Waals surface area contributed by atoms with E-state index in [0.29, 0.717) is 0 Å². The van der Waals surface area contributed by atoms with E-state index in [1.165, 1.54) is 16.5 Å². The highest BCUT2D eigenvalue weighted by atomic mass is 35.5. The van der Waals surface area contributed by atoms with Crippen molar-refractivity contribution in [2.75, 3.05) is 0 Å². The molecule has 0 aliphatic carbocycles. The van der Waals surface area contributed by atoms with Crippen LogP contribution in [0.5, 0.6) is 0 Å². The number of halogens is 1. The van der Waals surface area contributed by atoms with Gasteiger partial charge in [-0.05, 0) is 48.6 Å². The molecule has 0 saturated carbocycles. The summed E-state index contributed by atoms with van der Waals surface area (Å²) in [7, 11) is 0. The Morgan fingerprint density at radius 1 is 1.05 bits per heavy atom. The van der Waals surface area contributed by atoms with E-state index < -0.39 is 0 Å². The summed E-state index contributed by atoms with van der Waals surface area (Å²) in [5.41, 5.74) is 8.73. The molecule has 0 unspecified atom stereocenters. The highest BCUT2D eigenvalue weighted by Gasteiger charge is 2.18. The zero-order valence-electron chi connectivity index (χ0n) is 12.0. The molecule has 0 bridgehead atoms. The summed E-state index contributed by atoms with van der Waals surface area (Å²) in [5, 5.41) is 2.02. The lowest BCUT2D eigenvalue weighted by Crippen LogP contribution is -2.30. The molecular formula is C18H19ClN2. The van der Waals surface area contributed by atoms with Gasteiger partial charge in [-0.15, -0.1) is 0 Å². The normalized spacial score (nSPS) is 14.2. The zero-order chi connectivity index (χ0) is 14.8. The molecule has 3 rings (SSSR count). The van der Waals surface area contributed by atoms with Crippen LogP contribution in [-0.4, -0.2) is 10.6 Å². The van der Waals surface area contributed by atoms with Crippen LogP contribution in [0.1, 0.15) is 18.5 Å². The van der Waals surface area contributed by atoms with Crippen molar-refractivity contribution >= 4 is 22.5 Å². The van der Waals surface area contributed by atoms with Crippen LogP contribution >= 0.6 is 11.6 Å². The van der Waals surface area contributed by atoms with Crippen LogP contribution in [0.4, 0.5) is 0 Å². The number of fused-ring (bicyclic) bond motifs is 1. The summed E-state index contributed by atoms with van der Waals surface area (Å²) in [6, 6.07) is 18.9. The molecule has 2 aromatic carbocycles. The predicted molar refractivity (Wildman–Crippen MR) is 89.8 cm³/mol. The van der Waals surface area contributed by atoms with E-state index >= 15 is 0 Å². The Balaban J connectivity index is 1.96. The van der Waals surface area contributed by atoms with Crippen molar-refractivity contribution in [3.05, 3.63) is 71.4 Å². The monoisotopic (exact) mass is 298 g/mol. The minimum absolute atomic E-state index is 0.0662. The highest BCUT2D eigenvalue weighted by Crippen LogP contribution is 2.25. The topological polar surface area (TPSA) is 30.9 Å². The zero-order valence-corrected chi connectivity index (χ0v) is 12.8. The maximum atomic E-state index is 6.25. The maximum absolute atomic E-state index is 6.25. The lowest BCUT2D eigenvalue weighted by Gasteiger charge is -2.24. The minimum atomic E-state index is 0.0662. The van der Waals surface area contributed by atoms with Gasteiger partial charge in [0, 0.05) is 22.8 Å². The van der Waals surface area contributed by atoms with E-state index in [-0.39, 0.29) is 12.1 Å². The lowest BCUT2D eigenvalue weighted by atomic mass is 10.0. The molecular weight excluding hydrogens is 280 g/mol. The van der Waals surface area contributed by atoms with E-state index in [1.54, 1.807) is 0 Å². The Bertz CT molecular complexity index is 728. The second-order valence-corrected chi connectivity index (χ2v) is 5.98. The van der Waals surface area contributed by atoms with Gasteiger partial charge in [-0.2, -0.15) is 0 Å². The third-order valence-electron chi connectivity index (χ3n) is 3.95. The summed E-state index contributed by atoms with van der Waals surface area (Å²) in [6.07, 6.45) is 3.03. The maximum Gasteiger partial charge on any atom is 0.0525 e. The third kappa shape index (κ3) is 2.97. The second-order valence-electron chi connectivity index (χ2n) is 5.54.